The van der Waals surface area contributed by atoms with Crippen LogP contribution in [0.1, 0.15) is 12.5 Å². The van der Waals surface area contributed by atoms with Crippen LogP contribution in [0.25, 0.3) is 0 Å². The Kier molecular flexibility index (Phi) is 5.86. The molecule has 0 saturated heterocycles. The van der Waals surface area contributed by atoms with Crippen molar-refractivity contribution in [1.29, 1.82) is 0 Å². The monoisotopic (exact) mass is 231 g/mol. The van der Waals surface area contributed by atoms with E-state index in [4.69, 9.17) is 0 Å². The van der Waals surface area contributed by atoms with E-state index in [0.29, 0.717) is 5.69 Å². The molecule has 0 heterocycles. The molecule has 1 rings (SSSR count). The van der Waals surface area contributed by atoms with Crippen LogP contribution in [-0.2, 0) is 4.79 Å². The molecular formula is C11H14NNaO3. The van der Waals surface area contributed by atoms with Crippen molar-refractivity contribution in [3.05, 3.63) is 23.8 Å². The first-order valence-corrected chi connectivity index (χ1v) is 4.66. The van der Waals surface area contributed by atoms with E-state index in [1.54, 1.807) is 25.2 Å². The Labute approximate surface area is 117 Å². The molecule has 1 aromatic rings. The summed E-state index contributed by atoms with van der Waals surface area (Å²) in [5.74, 6) is -1.10. The van der Waals surface area contributed by atoms with E-state index in [1.165, 1.54) is 11.8 Å². The fourth-order valence-electron chi connectivity index (χ4n) is 1.28. The van der Waals surface area contributed by atoms with Crippen LogP contribution < -0.4 is 39.6 Å². The van der Waals surface area contributed by atoms with Gasteiger partial charge in [-0.1, -0.05) is 6.07 Å². The molecule has 82 valence electrons. The van der Waals surface area contributed by atoms with Gasteiger partial charge in [0.2, 0.25) is 0 Å². The number of carbonyl (C=O) groups is 1. The number of hydrogen-bond acceptors (Lipinski definition) is 4. The summed E-state index contributed by atoms with van der Waals surface area (Å²) >= 11 is 0. The van der Waals surface area contributed by atoms with Gasteiger partial charge in [0.1, 0.15) is 5.75 Å². The van der Waals surface area contributed by atoms with E-state index in [9.17, 15) is 15.0 Å². The number of benzene rings is 1. The average molecular weight is 231 g/mol. The maximum Gasteiger partial charge on any atom is 1.00 e. The Bertz CT molecular complexity index is 381. The van der Waals surface area contributed by atoms with Crippen LogP contribution in [0, 0.1) is 6.92 Å². The summed E-state index contributed by atoms with van der Waals surface area (Å²) in [5, 5.41) is 20.3. The number of carbonyl (C=O) groups excluding carboxylic acids is 1. The number of phenolic OH excluding ortho intramolecular Hbond substituents is 1. The Morgan fingerprint density at radius 2 is 2.06 bits per heavy atom. The number of hydrogen-bond donors (Lipinski definition) is 1. The standard InChI is InChI=1S/C11H15NO3.Na/c1-7-4-5-10(13)9(6-7)12(3)8(2)11(14)15;/h4-6,8,13H,1-3H3,(H,14,15);/q;+1/p-1. The number of carboxylic acid groups (broad SMARTS) is 1. The molecule has 16 heavy (non-hydrogen) atoms. The first kappa shape index (κ1) is 15.3. The largest absolute Gasteiger partial charge is 1.00 e. The molecule has 0 fully saturated rings. The Balaban J connectivity index is 0.00000225. The number of phenols is 1. The Morgan fingerprint density at radius 3 is 2.56 bits per heavy atom. The third-order valence-corrected chi connectivity index (χ3v) is 2.43. The van der Waals surface area contributed by atoms with Crippen molar-refractivity contribution in [3.8, 4) is 5.75 Å². The van der Waals surface area contributed by atoms with E-state index in [-0.39, 0.29) is 35.3 Å². The SMILES string of the molecule is Cc1ccc(O)c(N(C)C(C)C(=O)[O-])c1.[Na+]. The predicted molar refractivity (Wildman–Crippen MR) is 55.7 cm³/mol. The van der Waals surface area contributed by atoms with Crippen molar-refractivity contribution in [2.75, 3.05) is 11.9 Å². The van der Waals surface area contributed by atoms with Crippen LogP contribution in [0.5, 0.6) is 5.75 Å². The van der Waals surface area contributed by atoms with Crippen LogP contribution >= 0.6 is 0 Å². The van der Waals surface area contributed by atoms with E-state index in [2.05, 4.69) is 0 Å². The van der Waals surface area contributed by atoms with Crippen molar-refractivity contribution >= 4 is 11.7 Å². The molecule has 1 N–H and O–H groups in total. The molecule has 0 spiro atoms. The molecule has 0 aromatic heterocycles. The number of likely N-dealkylation sites (N-methyl/N-ethyl adjacent to an activating group) is 1. The summed E-state index contributed by atoms with van der Waals surface area (Å²) in [6.07, 6.45) is 0. The van der Waals surface area contributed by atoms with Gasteiger partial charge in [-0.2, -0.15) is 0 Å². The number of aromatic hydroxyl groups is 1. The molecule has 5 heteroatoms. The molecule has 0 bridgehead atoms. The summed E-state index contributed by atoms with van der Waals surface area (Å²) < 4.78 is 0. The topological polar surface area (TPSA) is 63.6 Å². The maximum atomic E-state index is 10.7. The predicted octanol–water partition coefficient (Wildman–Crippen LogP) is -2.72. The van der Waals surface area contributed by atoms with Gasteiger partial charge in [-0.3, -0.25) is 0 Å². The van der Waals surface area contributed by atoms with Crippen molar-refractivity contribution in [2.24, 2.45) is 0 Å². The van der Waals surface area contributed by atoms with E-state index in [0.717, 1.165) is 5.56 Å². The maximum absolute atomic E-state index is 10.7. The van der Waals surface area contributed by atoms with Crippen LogP contribution in [0.4, 0.5) is 5.69 Å². The minimum absolute atomic E-state index is 0. The molecule has 0 aliphatic heterocycles. The van der Waals surface area contributed by atoms with Gasteiger partial charge in [0.25, 0.3) is 0 Å². The van der Waals surface area contributed by atoms with E-state index in [1.807, 2.05) is 6.92 Å². The van der Waals surface area contributed by atoms with Crippen molar-refractivity contribution in [1.82, 2.24) is 0 Å². The number of anilines is 1. The van der Waals surface area contributed by atoms with Crippen molar-refractivity contribution in [2.45, 2.75) is 19.9 Å². The summed E-state index contributed by atoms with van der Waals surface area (Å²) in [5.41, 5.74) is 1.45. The molecule has 1 aromatic carbocycles. The van der Waals surface area contributed by atoms with Crippen LogP contribution in [0.3, 0.4) is 0 Å². The van der Waals surface area contributed by atoms with Gasteiger partial charge >= 0.3 is 29.6 Å². The third kappa shape index (κ3) is 3.40. The van der Waals surface area contributed by atoms with Crippen molar-refractivity contribution in [3.63, 3.8) is 0 Å². The van der Waals surface area contributed by atoms with Gasteiger partial charge in [-0.15, -0.1) is 0 Å². The molecule has 0 radical (unpaired) electrons. The van der Waals surface area contributed by atoms with Crippen LogP contribution in [-0.4, -0.2) is 24.2 Å². The van der Waals surface area contributed by atoms with Gasteiger partial charge in [0.15, 0.2) is 0 Å². The second-order valence-electron chi connectivity index (χ2n) is 3.60. The fourth-order valence-corrected chi connectivity index (χ4v) is 1.28. The molecule has 0 aliphatic carbocycles. The minimum Gasteiger partial charge on any atom is -0.548 e. The number of rotatable bonds is 3. The smallest absolute Gasteiger partial charge is 0.548 e. The van der Waals surface area contributed by atoms with Crippen LogP contribution in [0.2, 0.25) is 0 Å². The zero-order chi connectivity index (χ0) is 11.6. The molecule has 1 atom stereocenters. The number of carboxylic acids is 1. The van der Waals surface area contributed by atoms with Crippen molar-refractivity contribution < 1.29 is 44.6 Å². The molecule has 1 unspecified atom stereocenters. The zero-order valence-electron chi connectivity index (χ0n) is 10.0. The van der Waals surface area contributed by atoms with Gasteiger partial charge in [-0.25, -0.2) is 0 Å². The van der Waals surface area contributed by atoms with Crippen LogP contribution in [0.15, 0.2) is 18.2 Å². The molecule has 0 amide bonds. The second-order valence-corrected chi connectivity index (χ2v) is 3.60. The van der Waals surface area contributed by atoms with E-state index >= 15 is 0 Å². The van der Waals surface area contributed by atoms with Gasteiger partial charge in [-0.05, 0) is 31.5 Å². The number of aryl methyl sites for hydroxylation is 1. The van der Waals surface area contributed by atoms with E-state index < -0.39 is 12.0 Å². The normalized spacial score (nSPS) is 11.4. The number of nitrogens with zero attached hydrogens (tertiary/aromatic N) is 1. The Morgan fingerprint density at radius 1 is 1.50 bits per heavy atom. The fraction of sp³-hybridized carbons (Fsp3) is 0.364. The Hall–Kier alpha value is -0.710. The summed E-state index contributed by atoms with van der Waals surface area (Å²) in [7, 11) is 1.61. The van der Waals surface area contributed by atoms with Gasteiger partial charge < -0.3 is 19.9 Å². The minimum atomic E-state index is -1.17. The molecule has 0 aliphatic rings. The zero-order valence-corrected chi connectivity index (χ0v) is 12.0. The first-order chi connectivity index (χ1) is 6.93. The first-order valence-electron chi connectivity index (χ1n) is 4.66. The molecule has 0 saturated carbocycles. The third-order valence-electron chi connectivity index (χ3n) is 2.43. The van der Waals surface area contributed by atoms with Gasteiger partial charge in [0, 0.05) is 7.05 Å². The second kappa shape index (κ2) is 6.13. The van der Waals surface area contributed by atoms with Gasteiger partial charge in [0.05, 0.1) is 17.7 Å². The average Bonchev–Trinajstić information content (AvgIpc) is 2.19. The summed E-state index contributed by atoms with van der Waals surface area (Å²) in [4.78, 5) is 12.1. The molecular weight excluding hydrogens is 217 g/mol. The molecule has 4 nitrogen and oxygen atoms in total. The quantitative estimate of drug-likeness (QED) is 0.574. The number of aliphatic carboxylic acids is 1. The summed E-state index contributed by atoms with van der Waals surface area (Å²) in [6, 6.07) is 4.26. The summed E-state index contributed by atoms with van der Waals surface area (Å²) in [6.45, 7) is 3.39.